The molecule has 148 valence electrons. The lowest BCUT2D eigenvalue weighted by molar-refractivity contribution is -0.157. The number of benzene rings is 1. The monoisotopic (exact) mass is 395 g/mol. The maximum atomic E-state index is 13.4. The summed E-state index contributed by atoms with van der Waals surface area (Å²) in [6, 6.07) is 11.7. The molecule has 1 fully saturated rings. The molecule has 2 amide bonds. The van der Waals surface area contributed by atoms with Crippen molar-refractivity contribution in [2.45, 2.75) is 12.0 Å². The number of nitrogens with zero attached hydrogens (tertiary/aromatic N) is 1. The van der Waals surface area contributed by atoms with E-state index in [4.69, 9.17) is 13.9 Å². The van der Waals surface area contributed by atoms with Gasteiger partial charge in [-0.3, -0.25) is 9.59 Å². The van der Waals surface area contributed by atoms with E-state index in [9.17, 15) is 19.2 Å². The van der Waals surface area contributed by atoms with E-state index in [1.165, 1.54) is 24.5 Å². The smallest absolute Gasteiger partial charge is 0.416 e. The first-order valence-electron chi connectivity index (χ1n) is 9.04. The first kappa shape index (κ1) is 18.7. The number of amides is 2. The van der Waals surface area contributed by atoms with Gasteiger partial charge >= 0.3 is 12.1 Å². The molecule has 0 unspecified atom stereocenters. The SMILES string of the molecule is O=C1C=C[C@@](c2ccccc2)([C@H](CC(=O)c2ccco2)C(=O)N2CCOC2=O)O1. The zero-order chi connectivity index (χ0) is 20.4. The third-order valence-corrected chi connectivity index (χ3v) is 4.99. The van der Waals surface area contributed by atoms with Crippen molar-refractivity contribution in [3.63, 3.8) is 0 Å². The van der Waals surface area contributed by atoms with Crippen molar-refractivity contribution in [1.29, 1.82) is 0 Å². The molecular formula is C21H17NO7. The number of cyclic esters (lactones) is 2. The fourth-order valence-electron chi connectivity index (χ4n) is 3.60. The molecule has 8 nitrogen and oxygen atoms in total. The molecule has 0 aliphatic carbocycles. The van der Waals surface area contributed by atoms with Gasteiger partial charge in [0.25, 0.3) is 0 Å². The van der Waals surface area contributed by atoms with E-state index >= 15 is 0 Å². The van der Waals surface area contributed by atoms with Gasteiger partial charge in [-0.15, -0.1) is 0 Å². The number of carbonyl (C=O) groups is 4. The summed E-state index contributed by atoms with van der Waals surface area (Å²) in [7, 11) is 0. The minimum Gasteiger partial charge on any atom is -0.461 e. The van der Waals surface area contributed by atoms with Crippen molar-refractivity contribution in [2.75, 3.05) is 13.2 Å². The van der Waals surface area contributed by atoms with E-state index in [1.54, 1.807) is 36.4 Å². The normalized spacial score (nSPS) is 21.7. The van der Waals surface area contributed by atoms with Crippen molar-refractivity contribution in [3.05, 3.63) is 72.2 Å². The Labute approximate surface area is 165 Å². The van der Waals surface area contributed by atoms with Crippen LogP contribution < -0.4 is 0 Å². The number of esters is 1. The maximum Gasteiger partial charge on any atom is 0.416 e. The molecule has 3 heterocycles. The number of hydrogen-bond donors (Lipinski definition) is 0. The van der Waals surface area contributed by atoms with Crippen LogP contribution in [0.3, 0.4) is 0 Å². The molecule has 0 radical (unpaired) electrons. The number of furan rings is 1. The fraction of sp³-hybridized carbons (Fsp3) is 0.238. The van der Waals surface area contributed by atoms with E-state index in [0.717, 1.165) is 4.90 Å². The molecular weight excluding hydrogens is 378 g/mol. The van der Waals surface area contributed by atoms with Crippen LogP contribution in [0.25, 0.3) is 0 Å². The molecule has 29 heavy (non-hydrogen) atoms. The Kier molecular flexibility index (Phi) is 4.75. The van der Waals surface area contributed by atoms with Gasteiger partial charge in [-0.25, -0.2) is 14.5 Å². The van der Waals surface area contributed by atoms with Crippen LogP contribution in [0, 0.1) is 5.92 Å². The van der Waals surface area contributed by atoms with Crippen LogP contribution in [0.2, 0.25) is 0 Å². The molecule has 1 aromatic heterocycles. The second-order valence-electron chi connectivity index (χ2n) is 6.67. The van der Waals surface area contributed by atoms with Crippen LogP contribution >= 0.6 is 0 Å². The third-order valence-electron chi connectivity index (χ3n) is 4.99. The van der Waals surface area contributed by atoms with Crippen LogP contribution in [-0.4, -0.2) is 41.8 Å². The van der Waals surface area contributed by atoms with E-state index in [0.29, 0.717) is 5.56 Å². The molecule has 2 aliphatic heterocycles. The van der Waals surface area contributed by atoms with E-state index < -0.39 is 35.3 Å². The Hall–Kier alpha value is -3.68. The highest BCUT2D eigenvalue weighted by atomic mass is 16.6. The summed E-state index contributed by atoms with van der Waals surface area (Å²) in [6.07, 6.45) is 2.91. The van der Waals surface area contributed by atoms with Crippen LogP contribution in [0.4, 0.5) is 4.79 Å². The lowest BCUT2D eigenvalue weighted by Crippen LogP contribution is -2.48. The third kappa shape index (κ3) is 3.33. The summed E-state index contributed by atoms with van der Waals surface area (Å²) in [5, 5.41) is 0. The van der Waals surface area contributed by atoms with Crippen LogP contribution in [0.5, 0.6) is 0 Å². The van der Waals surface area contributed by atoms with Gasteiger partial charge in [0.15, 0.2) is 17.1 Å². The minimum atomic E-state index is -1.53. The first-order chi connectivity index (χ1) is 14.0. The zero-order valence-electron chi connectivity index (χ0n) is 15.3. The number of hydrogen-bond acceptors (Lipinski definition) is 7. The Morgan fingerprint density at radius 1 is 1.10 bits per heavy atom. The molecule has 0 saturated carbocycles. The number of ketones is 1. The molecule has 2 aromatic rings. The topological polar surface area (TPSA) is 103 Å². The Morgan fingerprint density at radius 2 is 1.90 bits per heavy atom. The predicted octanol–water partition coefficient (Wildman–Crippen LogP) is 2.46. The minimum absolute atomic E-state index is 0.0612. The van der Waals surface area contributed by atoms with E-state index in [2.05, 4.69) is 0 Å². The molecule has 8 heteroatoms. The largest absolute Gasteiger partial charge is 0.461 e. The summed E-state index contributed by atoms with van der Waals surface area (Å²) in [5.41, 5.74) is -1.01. The standard InChI is InChI=1S/C21H17NO7/c23-16(17-7-4-11-27-17)13-15(19(25)22-10-12-28-20(22)26)21(9-8-18(24)29-21)14-5-2-1-3-6-14/h1-9,11,15H,10,12-13H2/t15-,21-/m1/s1. The average molecular weight is 395 g/mol. The van der Waals surface area contributed by atoms with E-state index in [1.807, 2.05) is 0 Å². The van der Waals surface area contributed by atoms with Gasteiger partial charge in [0.1, 0.15) is 6.61 Å². The molecule has 0 N–H and O–H groups in total. The maximum absolute atomic E-state index is 13.4. The van der Waals surface area contributed by atoms with Gasteiger partial charge in [-0.05, 0) is 18.2 Å². The molecule has 2 atom stereocenters. The van der Waals surface area contributed by atoms with E-state index in [-0.39, 0.29) is 25.3 Å². The molecule has 0 bridgehead atoms. The molecule has 0 spiro atoms. The van der Waals surface area contributed by atoms with Gasteiger partial charge in [-0.1, -0.05) is 30.3 Å². The van der Waals surface area contributed by atoms with Gasteiger partial charge in [-0.2, -0.15) is 0 Å². The highest BCUT2D eigenvalue weighted by Crippen LogP contribution is 2.42. The Balaban J connectivity index is 1.78. The van der Waals surface area contributed by atoms with Crippen molar-refractivity contribution in [2.24, 2.45) is 5.92 Å². The van der Waals surface area contributed by atoms with Crippen molar-refractivity contribution in [3.8, 4) is 0 Å². The lowest BCUT2D eigenvalue weighted by atomic mass is 9.77. The molecule has 2 aliphatic rings. The number of imide groups is 1. The number of ether oxygens (including phenoxy) is 2. The van der Waals surface area contributed by atoms with Gasteiger partial charge in [0.05, 0.1) is 18.7 Å². The number of Topliss-reactive ketones (excluding diaryl/α,β-unsaturated/α-hetero) is 1. The summed E-state index contributed by atoms with van der Waals surface area (Å²) in [4.78, 5) is 51.1. The summed E-state index contributed by atoms with van der Waals surface area (Å²) in [6.45, 7) is 0.128. The van der Waals surface area contributed by atoms with Crippen LogP contribution in [0.1, 0.15) is 22.5 Å². The predicted molar refractivity (Wildman–Crippen MR) is 97.6 cm³/mol. The lowest BCUT2D eigenvalue weighted by Gasteiger charge is -2.35. The quantitative estimate of drug-likeness (QED) is 0.547. The molecule has 4 rings (SSSR count). The van der Waals surface area contributed by atoms with Crippen LogP contribution in [-0.2, 0) is 24.7 Å². The van der Waals surface area contributed by atoms with Gasteiger partial charge < -0.3 is 13.9 Å². The van der Waals surface area contributed by atoms with Crippen LogP contribution in [0.15, 0.2) is 65.3 Å². The molecule has 1 aromatic carbocycles. The highest BCUT2D eigenvalue weighted by molar-refractivity contribution is 6.01. The average Bonchev–Trinajstić information content (AvgIpc) is 3.48. The zero-order valence-corrected chi connectivity index (χ0v) is 15.3. The summed E-state index contributed by atoms with van der Waals surface area (Å²) >= 11 is 0. The number of carbonyl (C=O) groups excluding carboxylic acids is 4. The Morgan fingerprint density at radius 3 is 2.48 bits per heavy atom. The van der Waals surface area contributed by atoms with Crippen molar-refractivity contribution in [1.82, 2.24) is 4.90 Å². The van der Waals surface area contributed by atoms with Crippen molar-refractivity contribution >= 4 is 23.8 Å². The van der Waals surface area contributed by atoms with Crippen molar-refractivity contribution < 1.29 is 33.1 Å². The second kappa shape index (κ2) is 7.38. The second-order valence-corrected chi connectivity index (χ2v) is 6.67. The molecule has 1 saturated heterocycles. The summed E-state index contributed by atoms with van der Waals surface area (Å²) in [5.74, 6) is -2.86. The van der Waals surface area contributed by atoms with Gasteiger partial charge in [0, 0.05) is 18.1 Å². The highest BCUT2D eigenvalue weighted by Gasteiger charge is 2.52. The first-order valence-corrected chi connectivity index (χ1v) is 9.04. The fourth-order valence-corrected chi connectivity index (χ4v) is 3.60. The summed E-state index contributed by atoms with van der Waals surface area (Å²) < 4.78 is 15.6. The Bertz CT molecular complexity index is 980. The van der Waals surface area contributed by atoms with Gasteiger partial charge in [0.2, 0.25) is 5.91 Å². The number of rotatable bonds is 6.